The molecule has 21 heavy (non-hydrogen) atoms. The molecule has 3 rings (SSSR count). The van der Waals surface area contributed by atoms with Gasteiger partial charge in [-0.25, -0.2) is 4.98 Å². The summed E-state index contributed by atoms with van der Waals surface area (Å²) in [7, 11) is 0. The second-order valence-corrected chi connectivity index (χ2v) is 6.58. The van der Waals surface area contributed by atoms with Gasteiger partial charge in [0.2, 0.25) is 0 Å². The summed E-state index contributed by atoms with van der Waals surface area (Å²) in [6, 6.07) is 14.7. The predicted molar refractivity (Wildman–Crippen MR) is 88.4 cm³/mol. The molecule has 2 nitrogen and oxygen atoms in total. The van der Waals surface area contributed by atoms with Crippen molar-refractivity contribution < 1.29 is 0 Å². The second-order valence-electron chi connectivity index (χ2n) is 6.58. The first-order valence-electron chi connectivity index (χ1n) is 7.28. The van der Waals surface area contributed by atoms with Crippen molar-refractivity contribution in [1.82, 2.24) is 9.97 Å². The summed E-state index contributed by atoms with van der Waals surface area (Å²) in [6.07, 6.45) is 1.80. The third kappa shape index (κ3) is 2.80. The van der Waals surface area contributed by atoms with Crippen molar-refractivity contribution in [2.75, 3.05) is 0 Å². The van der Waals surface area contributed by atoms with Crippen molar-refractivity contribution in [3.63, 3.8) is 0 Å². The Morgan fingerprint density at radius 2 is 1.71 bits per heavy atom. The Hall–Kier alpha value is -2.22. The van der Waals surface area contributed by atoms with E-state index in [2.05, 4.69) is 56.9 Å². The number of fused-ring (bicyclic) bond motifs is 1. The van der Waals surface area contributed by atoms with E-state index in [1.807, 2.05) is 18.2 Å². The van der Waals surface area contributed by atoms with Crippen LogP contribution in [0.25, 0.3) is 22.3 Å². The highest BCUT2D eigenvalue weighted by atomic mass is 14.8. The molecule has 0 aliphatic rings. The largest absolute Gasteiger partial charge is 0.255 e. The summed E-state index contributed by atoms with van der Waals surface area (Å²) < 4.78 is 0. The fourth-order valence-electron chi connectivity index (χ4n) is 2.48. The van der Waals surface area contributed by atoms with Crippen LogP contribution >= 0.6 is 0 Å². The average Bonchev–Trinajstić information content (AvgIpc) is 2.45. The van der Waals surface area contributed by atoms with E-state index in [1.165, 1.54) is 16.7 Å². The van der Waals surface area contributed by atoms with Crippen LogP contribution in [-0.2, 0) is 5.41 Å². The molecule has 0 saturated carbocycles. The van der Waals surface area contributed by atoms with Crippen LogP contribution in [0.5, 0.6) is 0 Å². The zero-order valence-electron chi connectivity index (χ0n) is 13.0. The van der Waals surface area contributed by atoms with E-state index in [0.717, 1.165) is 16.7 Å². The number of hydrogen-bond acceptors (Lipinski definition) is 2. The molecule has 106 valence electrons. The number of pyridine rings is 2. The predicted octanol–water partition coefficient (Wildman–Crippen LogP) is 4.90. The van der Waals surface area contributed by atoms with E-state index in [-0.39, 0.29) is 5.41 Å². The van der Waals surface area contributed by atoms with Gasteiger partial charge in [0, 0.05) is 11.8 Å². The highest BCUT2D eigenvalue weighted by molar-refractivity contribution is 5.78. The summed E-state index contributed by atoms with van der Waals surface area (Å²) in [5, 5.41) is 0. The van der Waals surface area contributed by atoms with Crippen molar-refractivity contribution in [3.8, 4) is 11.3 Å². The van der Waals surface area contributed by atoms with Gasteiger partial charge in [0.1, 0.15) is 0 Å². The van der Waals surface area contributed by atoms with Crippen molar-refractivity contribution in [2.45, 2.75) is 33.1 Å². The van der Waals surface area contributed by atoms with Crippen LogP contribution in [0.2, 0.25) is 0 Å². The third-order valence-corrected chi connectivity index (χ3v) is 3.70. The molecule has 0 radical (unpaired) electrons. The number of aryl methyl sites for hydroxylation is 1. The molecule has 2 heterocycles. The zero-order valence-corrected chi connectivity index (χ0v) is 13.0. The number of nitrogens with zero attached hydrogens (tertiary/aromatic N) is 2. The minimum Gasteiger partial charge on any atom is -0.255 e. The maximum Gasteiger partial charge on any atom is 0.0894 e. The Balaban J connectivity index is 2.16. The van der Waals surface area contributed by atoms with Gasteiger partial charge < -0.3 is 0 Å². The Morgan fingerprint density at radius 3 is 2.48 bits per heavy atom. The van der Waals surface area contributed by atoms with Gasteiger partial charge in [0.15, 0.2) is 0 Å². The van der Waals surface area contributed by atoms with Crippen LogP contribution in [0.3, 0.4) is 0 Å². The first-order chi connectivity index (χ1) is 9.93. The maximum absolute atomic E-state index is 4.75. The zero-order chi connectivity index (χ0) is 15.0. The standard InChI is InChI=1S/C19H20N2/c1-13-10-14(12-15(11-13)19(2,3)4)16-7-8-17-18(21-16)6-5-9-20-17/h5-12H,1-4H3. The van der Waals surface area contributed by atoms with Gasteiger partial charge in [0.25, 0.3) is 0 Å². The average molecular weight is 276 g/mol. The van der Waals surface area contributed by atoms with E-state index in [1.54, 1.807) is 6.20 Å². The minimum absolute atomic E-state index is 0.138. The summed E-state index contributed by atoms with van der Waals surface area (Å²) in [5.74, 6) is 0. The molecule has 0 fully saturated rings. The lowest BCUT2D eigenvalue weighted by atomic mass is 9.85. The van der Waals surface area contributed by atoms with E-state index >= 15 is 0 Å². The molecule has 3 aromatic rings. The summed E-state index contributed by atoms with van der Waals surface area (Å²) in [5.41, 5.74) is 6.80. The van der Waals surface area contributed by atoms with Crippen LogP contribution in [0.15, 0.2) is 48.7 Å². The number of aromatic nitrogens is 2. The van der Waals surface area contributed by atoms with Crippen LogP contribution in [0.4, 0.5) is 0 Å². The molecular weight excluding hydrogens is 256 g/mol. The summed E-state index contributed by atoms with van der Waals surface area (Å²) in [4.78, 5) is 9.08. The SMILES string of the molecule is Cc1cc(-c2ccc3ncccc3n2)cc(C(C)(C)C)c1. The van der Waals surface area contributed by atoms with Gasteiger partial charge in [0.05, 0.1) is 16.7 Å². The molecule has 0 aliphatic heterocycles. The second kappa shape index (κ2) is 4.96. The first kappa shape index (κ1) is 13.7. The normalized spacial score (nSPS) is 11.8. The molecule has 0 bridgehead atoms. The Bertz CT molecular complexity index is 798. The Kier molecular flexibility index (Phi) is 3.25. The van der Waals surface area contributed by atoms with Gasteiger partial charge in [-0.2, -0.15) is 0 Å². The molecule has 2 heteroatoms. The monoisotopic (exact) mass is 276 g/mol. The Labute approximate surface area is 125 Å². The topological polar surface area (TPSA) is 25.8 Å². The van der Waals surface area contributed by atoms with Gasteiger partial charge >= 0.3 is 0 Å². The van der Waals surface area contributed by atoms with Crippen LogP contribution in [0, 0.1) is 6.92 Å². The van der Waals surface area contributed by atoms with E-state index in [4.69, 9.17) is 4.98 Å². The molecule has 0 saturated heterocycles. The van der Waals surface area contributed by atoms with Gasteiger partial charge in [-0.15, -0.1) is 0 Å². The van der Waals surface area contributed by atoms with Crippen molar-refractivity contribution in [1.29, 1.82) is 0 Å². The van der Waals surface area contributed by atoms with Gasteiger partial charge in [-0.3, -0.25) is 4.98 Å². The molecule has 0 spiro atoms. The van der Waals surface area contributed by atoms with Crippen molar-refractivity contribution in [2.24, 2.45) is 0 Å². The summed E-state index contributed by atoms with van der Waals surface area (Å²) >= 11 is 0. The number of rotatable bonds is 1. The fraction of sp³-hybridized carbons (Fsp3) is 0.263. The first-order valence-corrected chi connectivity index (χ1v) is 7.28. The lowest BCUT2D eigenvalue weighted by Crippen LogP contribution is -2.11. The van der Waals surface area contributed by atoms with Gasteiger partial charge in [-0.05, 0) is 54.3 Å². The molecule has 0 aliphatic carbocycles. The van der Waals surface area contributed by atoms with E-state index in [0.29, 0.717) is 0 Å². The van der Waals surface area contributed by atoms with Gasteiger partial charge in [-0.1, -0.05) is 32.4 Å². The minimum atomic E-state index is 0.138. The molecule has 0 N–H and O–H groups in total. The van der Waals surface area contributed by atoms with Crippen molar-refractivity contribution in [3.05, 3.63) is 59.8 Å². The fourth-order valence-corrected chi connectivity index (χ4v) is 2.48. The molecule has 0 amide bonds. The number of hydrogen-bond donors (Lipinski definition) is 0. The van der Waals surface area contributed by atoms with E-state index < -0.39 is 0 Å². The smallest absolute Gasteiger partial charge is 0.0894 e. The van der Waals surface area contributed by atoms with Crippen molar-refractivity contribution >= 4 is 11.0 Å². The quantitative estimate of drug-likeness (QED) is 0.631. The van der Waals surface area contributed by atoms with E-state index in [9.17, 15) is 0 Å². The lowest BCUT2D eigenvalue weighted by molar-refractivity contribution is 0.590. The number of benzene rings is 1. The molecule has 2 aromatic heterocycles. The Morgan fingerprint density at radius 1 is 0.905 bits per heavy atom. The summed E-state index contributed by atoms with van der Waals surface area (Å²) in [6.45, 7) is 8.86. The molecule has 0 unspecified atom stereocenters. The molecule has 0 atom stereocenters. The van der Waals surface area contributed by atoms with Crippen LogP contribution in [0.1, 0.15) is 31.9 Å². The van der Waals surface area contributed by atoms with Crippen LogP contribution < -0.4 is 0 Å². The lowest BCUT2D eigenvalue weighted by Gasteiger charge is -2.20. The molecular formula is C19H20N2. The maximum atomic E-state index is 4.75. The molecule has 1 aromatic carbocycles. The third-order valence-electron chi connectivity index (χ3n) is 3.70. The highest BCUT2D eigenvalue weighted by Crippen LogP contribution is 2.29. The highest BCUT2D eigenvalue weighted by Gasteiger charge is 2.15. The van der Waals surface area contributed by atoms with Crippen LogP contribution in [-0.4, -0.2) is 9.97 Å².